The van der Waals surface area contributed by atoms with Crippen LogP contribution in [0.4, 0.5) is 17.6 Å². The minimum atomic E-state index is -1.66. The van der Waals surface area contributed by atoms with Gasteiger partial charge in [-0.25, -0.2) is 22.4 Å². The minimum absolute atomic E-state index is 0.257. The van der Waals surface area contributed by atoms with Crippen molar-refractivity contribution in [1.29, 1.82) is 0 Å². The molecule has 162 valence electrons. The lowest BCUT2D eigenvalue weighted by atomic mass is 9.77. The van der Waals surface area contributed by atoms with Gasteiger partial charge in [-0.05, 0) is 55.2 Å². The van der Waals surface area contributed by atoms with Crippen LogP contribution >= 0.6 is 0 Å². The molecule has 0 aliphatic heterocycles. The van der Waals surface area contributed by atoms with Crippen molar-refractivity contribution < 1.29 is 27.1 Å². The molecule has 30 heavy (non-hydrogen) atoms. The second kappa shape index (κ2) is 10.1. The maximum absolute atomic E-state index is 14.6. The van der Waals surface area contributed by atoms with Gasteiger partial charge in [-0.1, -0.05) is 38.7 Å². The zero-order chi connectivity index (χ0) is 21.7. The van der Waals surface area contributed by atoms with Crippen LogP contribution < -0.4 is 4.74 Å². The van der Waals surface area contributed by atoms with E-state index in [1.165, 1.54) is 37.8 Å². The summed E-state index contributed by atoms with van der Waals surface area (Å²) in [7, 11) is 0. The Labute approximate surface area is 174 Å². The largest absolute Gasteiger partial charge is 0.423 e. The average molecular weight is 422 g/mol. The summed E-state index contributed by atoms with van der Waals surface area (Å²) in [6, 6.07) is 5.46. The van der Waals surface area contributed by atoms with E-state index < -0.39 is 35.0 Å². The summed E-state index contributed by atoms with van der Waals surface area (Å²) in [5.74, 6) is -6.00. The summed E-state index contributed by atoms with van der Waals surface area (Å²) in [6.45, 7) is 2.20. The Balaban J connectivity index is 1.62. The fourth-order valence-corrected chi connectivity index (χ4v) is 4.17. The molecule has 0 aromatic heterocycles. The van der Waals surface area contributed by atoms with Crippen molar-refractivity contribution in [3.8, 4) is 5.75 Å². The van der Waals surface area contributed by atoms with E-state index in [4.69, 9.17) is 4.74 Å². The van der Waals surface area contributed by atoms with Crippen molar-refractivity contribution in [3.63, 3.8) is 0 Å². The van der Waals surface area contributed by atoms with Gasteiger partial charge in [-0.15, -0.1) is 0 Å². The average Bonchev–Trinajstić information content (AvgIpc) is 2.72. The number of rotatable bonds is 7. The van der Waals surface area contributed by atoms with Gasteiger partial charge in [0.25, 0.3) is 0 Å². The molecule has 2 aromatic rings. The van der Waals surface area contributed by atoms with E-state index >= 15 is 0 Å². The first kappa shape index (κ1) is 22.3. The zero-order valence-corrected chi connectivity index (χ0v) is 17.0. The predicted octanol–water partition coefficient (Wildman–Crippen LogP) is 7.32. The van der Waals surface area contributed by atoms with Crippen LogP contribution in [0.15, 0.2) is 30.3 Å². The molecule has 0 spiro atoms. The van der Waals surface area contributed by atoms with E-state index in [0.29, 0.717) is 12.1 Å². The number of carbonyl (C=O) groups excluding carboxylic acids is 1. The molecule has 1 saturated carbocycles. The zero-order valence-electron chi connectivity index (χ0n) is 17.0. The van der Waals surface area contributed by atoms with E-state index in [1.54, 1.807) is 6.07 Å². The molecule has 6 heteroatoms. The van der Waals surface area contributed by atoms with Gasteiger partial charge in [0.1, 0.15) is 11.6 Å². The first-order chi connectivity index (χ1) is 14.4. The molecule has 0 unspecified atom stereocenters. The number of hydrogen-bond donors (Lipinski definition) is 0. The maximum atomic E-state index is 14.6. The van der Waals surface area contributed by atoms with Gasteiger partial charge < -0.3 is 4.74 Å². The second-order valence-electron chi connectivity index (χ2n) is 8.04. The maximum Gasteiger partial charge on any atom is 0.346 e. The van der Waals surface area contributed by atoms with Gasteiger partial charge in [-0.2, -0.15) is 0 Å². The number of carbonyl (C=O) groups is 1. The number of halogens is 4. The van der Waals surface area contributed by atoms with Crippen LogP contribution in [0.1, 0.15) is 80.1 Å². The molecule has 0 heterocycles. The number of esters is 1. The van der Waals surface area contributed by atoms with Gasteiger partial charge >= 0.3 is 5.97 Å². The first-order valence-electron chi connectivity index (χ1n) is 10.5. The predicted molar refractivity (Wildman–Crippen MR) is 107 cm³/mol. The molecule has 0 atom stereocenters. The summed E-state index contributed by atoms with van der Waals surface area (Å²) >= 11 is 0. The summed E-state index contributed by atoms with van der Waals surface area (Å²) in [4.78, 5) is 12.2. The molecule has 1 aliphatic carbocycles. The van der Waals surface area contributed by atoms with Gasteiger partial charge in [0.15, 0.2) is 17.5 Å². The molecule has 3 rings (SSSR count). The van der Waals surface area contributed by atoms with Crippen molar-refractivity contribution in [2.24, 2.45) is 5.92 Å². The van der Waals surface area contributed by atoms with Crippen LogP contribution in [0.25, 0.3) is 0 Å². The molecule has 0 saturated heterocycles. The van der Waals surface area contributed by atoms with Crippen LogP contribution in [0.2, 0.25) is 0 Å². The van der Waals surface area contributed by atoms with Crippen LogP contribution in [-0.2, 0) is 0 Å². The molecule has 2 nitrogen and oxygen atoms in total. The number of ether oxygens (including phenoxy) is 1. The number of unbranched alkanes of at least 4 members (excludes halogenated alkanes) is 2. The summed E-state index contributed by atoms with van der Waals surface area (Å²) in [6.07, 6.45) is 9.24. The third-order valence-corrected chi connectivity index (χ3v) is 5.92. The molecule has 0 amide bonds. The number of benzene rings is 2. The van der Waals surface area contributed by atoms with Crippen molar-refractivity contribution >= 4 is 5.97 Å². The van der Waals surface area contributed by atoms with E-state index in [-0.39, 0.29) is 11.5 Å². The molecule has 0 radical (unpaired) electrons. The Morgan fingerprint density at radius 2 is 1.60 bits per heavy atom. The van der Waals surface area contributed by atoms with Crippen LogP contribution in [-0.4, -0.2) is 5.97 Å². The highest BCUT2D eigenvalue weighted by Gasteiger charge is 2.24. The fraction of sp³-hybridized carbons (Fsp3) is 0.458. The Kier molecular flexibility index (Phi) is 7.51. The fourth-order valence-electron chi connectivity index (χ4n) is 4.17. The van der Waals surface area contributed by atoms with Crippen molar-refractivity contribution in [2.75, 3.05) is 0 Å². The lowest BCUT2D eigenvalue weighted by Gasteiger charge is -2.29. The lowest BCUT2D eigenvalue weighted by Crippen LogP contribution is -2.15. The molecule has 1 fully saturated rings. The lowest BCUT2D eigenvalue weighted by molar-refractivity contribution is 0.0728. The Hall–Kier alpha value is -2.37. The first-order valence-corrected chi connectivity index (χ1v) is 10.5. The van der Waals surface area contributed by atoms with Crippen molar-refractivity contribution in [1.82, 2.24) is 0 Å². The quantitative estimate of drug-likeness (QED) is 0.154. The van der Waals surface area contributed by atoms with E-state index in [0.717, 1.165) is 37.2 Å². The summed E-state index contributed by atoms with van der Waals surface area (Å²) < 4.78 is 58.9. The van der Waals surface area contributed by atoms with Crippen molar-refractivity contribution in [3.05, 3.63) is 64.7 Å². The van der Waals surface area contributed by atoms with Gasteiger partial charge in [0.05, 0.1) is 5.56 Å². The highest BCUT2D eigenvalue weighted by atomic mass is 19.2. The van der Waals surface area contributed by atoms with Crippen LogP contribution in [0.5, 0.6) is 5.75 Å². The molecule has 2 aromatic carbocycles. The molecule has 0 N–H and O–H groups in total. The van der Waals surface area contributed by atoms with Crippen LogP contribution in [0.3, 0.4) is 0 Å². The highest BCUT2D eigenvalue weighted by Crippen LogP contribution is 2.38. The molecular formula is C24H26F4O2. The number of hydrogen-bond acceptors (Lipinski definition) is 2. The summed E-state index contributed by atoms with van der Waals surface area (Å²) in [5, 5.41) is 0. The van der Waals surface area contributed by atoms with Gasteiger partial charge in [0.2, 0.25) is 0 Å². The normalized spacial score (nSPS) is 19.0. The van der Waals surface area contributed by atoms with E-state index in [2.05, 4.69) is 6.92 Å². The minimum Gasteiger partial charge on any atom is -0.423 e. The highest BCUT2D eigenvalue weighted by molar-refractivity contribution is 5.91. The van der Waals surface area contributed by atoms with Gasteiger partial charge in [-0.3, -0.25) is 0 Å². The second-order valence-corrected chi connectivity index (χ2v) is 8.04. The van der Waals surface area contributed by atoms with Crippen molar-refractivity contribution in [2.45, 2.75) is 64.2 Å². The standard InChI is InChI=1S/C24H26F4O2/c1-2-3-4-5-15-6-8-16(9-7-15)17-10-11-19(20(25)12-17)24(29)30-18-13-21(26)23(28)22(27)14-18/h10-16H,2-9H2,1H3. The van der Waals surface area contributed by atoms with Gasteiger partial charge in [0, 0.05) is 12.1 Å². The smallest absolute Gasteiger partial charge is 0.346 e. The monoisotopic (exact) mass is 422 g/mol. The molecule has 1 aliphatic rings. The van der Waals surface area contributed by atoms with Crippen LogP contribution in [0, 0.1) is 29.2 Å². The van der Waals surface area contributed by atoms with E-state index in [9.17, 15) is 22.4 Å². The Morgan fingerprint density at radius 3 is 2.20 bits per heavy atom. The Bertz CT molecular complexity index is 866. The molecule has 0 bridgehead atoms. The van der Waals surface area contributed by atoms with E-state index in [1.807, 2.05) is 0 Å². The Morgan fingerprint density at radius 1 is 0.933 bits per heavy atom. The topological polar surface area (TPSA) is 26.3 Å². The summed E-state index contributed by atoms with van der Waals surface area (Å²) in [5.41, 5.74) is 0.507. The third-order valence-electron chi connectivity index (χ3n) is 5.92. The molecular weight excluding hydrogens is 396 g/mol. The SMILES string of the molecule is CCCCCC1CCC(c2ccc(C(=O)Oc3cc(F)c(F)c(F)c3)c(F)c2)CC1. The third kappa shape index (κ3) is 5.41.